The van der Waals surface area contributed by atoms with E-state index in [0.717, 1.165) is 24.7 Å². The molecule has 0 bridgehead atoms. The van der Waals surface area contributed by atoms with Crippen molar-refractivity contribution >= 4 is 17.9 Å². The second kappa shape index (κ2) is 7.77. The summed E-state index contributed by atoms with van der Waals surface area (Å²) in [5.41, 5.74) is -5.02. The molecule has 1 aromatic rings. The van der Waals surface area contributed by atoms with Crippen LogP contribution in [0.2, 0.25) is 0 Å². The van der Waals surface area contributed by atoms with Crippen LogP contribution >= 0.6 is 0 Å². The van der Waals surface area contributed by atoms with E-state index >= 15 is 0 Å². The van der Waals surface area contributed by atoms with Crippen molar-refractivity contribution < 1.29 is 28.6 Å². The maximum Gasteiger partial charge on any atom is 0.367 e. The molecule has 0 aliphatic rings. The van der Waals surface area contributed by atoms with Crippen molar-refractivity contribution in [2.75, 3.05) is 13.2 Å². The van der Waals surface area contributed by atoms with E-state index in [0.29, 0.717) is 4.57 Å². The smallest absolute Gasteiger partial charge is 0.367 e. The van der Waals surface area contributed by atoms with Crippen LogP contribution in [0.25, 0.3) is 0 Å². The summed E-state index contributed by atoms with van der Waals surface area (Å²) in [6, 6.07) is 0. The first-order chi connectivity index (χ1) is 11.6. The van der Waals surface area contributed by atoms with Crippen molar-refractivity contribution in [1.29, 1.82) is 0 Å². The van der Waals surface area contributed by atoms with Gasteiger partial charge in [0.05, 0.1) is 13.2 Å². The number of carbonyl (C=O) groups is 3. The highest BCUT2D eigenvalue weighted by Gasteiger charge is 2.57. The number of hydrogen-bond acceptors (Lipinski definition) is 8. The number of aromatic nitrogens is 2. The fourth-order valence-electron chi connectivity index (χ4n) is 2.17. The van der Waals surface area contributed by atoms with Crippen molar-refractivity contribution in [1.82, 2.24) is 9.13 Å². The van der Waals surface area contributed by atoms with Crippen LogP contribution in [0, 0.1) is 0 Å². The molecule has 1 heterocycles. The Morgan fingerprint density at radius 1 is 1.04 bits per heavy atom. The van der Waals surface area contributed by atoms with Gasteiger partial charge >= 0.3 is 29.2 Å². The molecule has 0 saturated carbocycles. The van der Waals surface area contributed by atoms with E-state index in [1.807, 2.05) is 0 Å². The van der Waals surface area contributed by atoms with Gasteiger partial charge < -0.3 is 18.8 Å². The maximum atomic E-state index is 12.5. The van der Waals surface area contributed by atoms with E-state index < -0.39 is 40.3 Å². The van der Waals surface area contributed by atoms with Crippen LogP contribution in [-0.2, 0) is 48.3 Å². The molecule has 0 unspecified atom stereocenters. The van der Waals surface area contributed by atoms with Crippen molar-refractivity contribution in [2.45, 2.75) is 26.4 Å². The number of aryl methyl sites for hydroxylation is 1. The molecule has 0 aliphatic heterocycles. The largest absolute Gasteiger partial charge is 0.462 e. The third kappa shape index (κ3) is 3.62. The van der Waals surface area contributed by atoms with Crippen LogP contribution in [0.1, 0.15) is 26.3 Å². The molecule has 138 valence electrons. The lowest BCUT2D eigenvalue weighted by atomic mass is 9.95. The summed E-state index contributed by atoms with van der Waals surface area (Å²) in [5.74, 6) is -3.60. The summed E-state index contributed by atoms with van der Waals surface area (Å²) in [7, 11) is 2.46. The lowest BCUT2D eigenvalue weighted by Gasteiger charge is -2.28. The van der Waals surface area contributed by atoms with E-state index in [-0.39, 0.29) is 13.2 Å². The van der Waals surface area contributed by atoms with E-state index in [1.54, 1.807) is 0 Å². The second-order valence-electron chi connectivity index (χ2n) is 5.02. The molecule has 0 aromatic carbocycles. The van der Waals surface area contributed by atoms with E-state index in [4.69, 9.17) is 14.2 Å². The van der Waals surface area contributed by atoms with Crippen LogP contribution in [0.15, 0.2) is 15.8 Å². The Morgan fingerprint density at radius 3 is 1.92 bits per heavy atom. The number of hydrogen-bond donors (Lipinski definition) is 0. The highest BCUT2D eigenvalue weighted by Crippen LogP contribution is 2.27. The predicted molar refractivity (Wildman–Crippen MR) is 83.6 cm³/mol. The van der Waals surface area contributed by atoms with Gasteiger partial charge in [0, 0.05) is 27.2 Å². The second-order valence-corrected chi connectivity index (χ2v) is 5.02. The SMILES string of the molecule is CCOC(=O)C(OC(C)=O)(C(=O)OCC)c1cn(C)c(=O)n(C)c1=O. The Kier molecular flexibility index (Phi) is 6.26. The van der Waals surface area contributed by atoms with E-state index in [2.05, 4.69) is 0 Å². The van der Waals surface area contributed by atoms with Gasteiger partial charge in [-0.3, -0.25) is 14.2 Å². The highest BCUT2D eigenvalue weighted by atomic mass is 16.6. The Balaban J connectivity index is 3.91. The number of esters is 3. The number of nitrogens with zero attached hydrogens (tertiary/aromatic N) is 2. The fourth-order valence-corrected chi connectivity index (χ4v) is 2.17. The summed E-state index contributed by atoms with van der Waals surface area (Å²) >= 11 is 0. The molecule has 0 saturated heterocycles. The summed E-state index contributed by atoms with van der Waals surface area (Å²) in [4.78, 5) is 61.1. The zero-order valence-corrected chi connectivity index (χ0v) is 14.7. The Bertz CT molecular complexity index is 787. The molecule has 10 nitrogen and oxygen atoms in total. The molecule has 1 rings (SSSR count). The zero-order valence-electron chi connectivity index (χ0n) is 14.7. The maximum absolute atomic E-state index is 12.5. The van der Waals surface area contributed by atoms with Gasteiger partial charge in [0.25, 0.3) is 5.56 Å². The lowest BCUT2D eigenvalue weighted by Crippen LogP contribution is -2.54. The molecule has 0 spiro atoms. The Labute approximate surface area is 142 Å². The molecule has 1 aromatic heterocycles. The minimum atomic E-state index is -2.77. The quantitative estimate of drug-likeness (QED) is 0.360. The molecule has 0 radical (unpaired) electrons. The third-order valence-electron chi connectivity index (χ3n) is 3.25. The monoisotopic (exact) mass is 356 g/mol. The van der Waals surface area contributed by atoms with Gasteiger partial charge in [0.15, 0.2) is 0 Å². The van der Waals surface area contributed by atoms with Crippen molar-refractivity contribution in [2.24, 2.45) is 14.1 Å². The average molecular weight is 356 g/mol. The van der Waals surface area contributed by atoms with Crippen LogP contribution in [0.5, 0.6) is 0 Å². The van der Waals surface area contributed by atoms with Crippen LogP contribution in [-0.4, -0.2) is 40.3 Å². The molecule has 25 heavy (non-hydrogen) atoms. The third-order valence-corrected chi connectivity index (χ3v) is 3.25. The van der Waals surface area contributed by atoms with Crippen LogP contribution in [0.3, 0.4) is 0 Å². The van der Waals surface area contributed by atoms with Gasteiger partial charge in [0.1, 0.15) is 5.56 Å². The van der Waals surface area contributed by atoms with Crippen molar-refractivity contribution in [3.05, 3.63) is 32.6 Å². The molecule has 0 atom stereocenters. The summed E-state index contributed by atoms with van der Waals surface area (Å²) in [6.07, 6.45) is 0.946. The van der Waals surface area contributed by atoms with Gasteiger partial charge in [-0.15, -0.1) is 0 Å². The molecule has 0 aliphatic carbocycles. The standard InChI is InChI=1S/C15H20N2O8/c1-6-23-12(20)15(25-9(3)18,13(21)24-7-2)10-8-16(4)14(22)17(5)11(10)19/h8H,6-7H2,1-5H3. The molecule has 10 heteroatoms. The average Bonchev–Trinajstić information content (AvgIpc) is 2.54. The molecular formula is C15H20N2O8. The first kappa shape index (κ1) is 20.1. The van der Waals surface area contributed by atoms with E-state index in [1.165, 1.54) is 20.9 Å². The zero-order chi connectivity index (χ0) is 19.4. The first-order valence-electron chi connectivity index (χ1n) is 7.44. The summed E-state index contributed by atoms with van der Waals surface area (Å²) in [5, 5.41) is 0. The normalized spacial score (nSPS) is 10.9. The van der Waals surface area contributed by atoms with Gasteiger partial charge in [0.2, 0.25) is 0 Å². The van der Waals surface area contributed by atoms with Gasteiger partial charge in [-0.2, -0.15) is 0 Å². The van der Waals surface area contributed by atoms with E-state index in [9.17, 15) is 24.0 Å². The minimum absolute atomic E-state index is 0.146. The first-order valence-corrected chi connectivity index (χ1v) is 7.44. The van der Waals surface area contributed by atoms with Crippen molar-refractivity contribution in [3.63, 3.8) is 0 Å². The fraction of sp³-hybridized carbons (Fsp3) is 0.533. The molecule has 0 N–H and O–H groups in total. The predicted octanol–water partition coefficient (Wildman–Crippen LogP) is -1.03. The van der Waals surface area contributed by atoms with Crippen LogP contribution < -0.4 is 11.2 Å². The summed E-state index contributed by atoms with van der Waals surface area (Å²) < 4.78 is 16.3. The Morgan fingerprint density at radius 2 is 1.52 bits per heavy atom. The number of ether oxygens (including phenoxy) is 3. The van der Waals surface area contributed by atoms with Crippen molar-refractivity contribution in [3.8, 4) is 0 Å². The summed E-state index contributed by atoms with van der Waals surface area (Å²) in [6.45, 7) is 3.61. The molecule has 0 amide bonds. The van der Waals surface area contributed by atoms with Gasteiger partial charge in [-0.1, -0.05) is 0 Å². The van der Waals surface area contributed by atoms with Gasteiger partial charge in [-0.25, -0.2) is 14.4 Å². The molecular weight excluding hydrogens is 336 g/mol. The topological polar surface area (TPSA) is 123 Å². The number of rotatable bonds is 6. The Hall–Kier alpha value is -2.91. The van der Waals surface area contributed by atoms with Gasteiger partial charge in [-0.05, 0) is 13.8 Å². The lowest BCUT2D eigenvalue weighted by molar-refractivity contribution is -0.197. The highest BCUT2D eigenvalue weighted by molar-refractivity contribution is 6.05. The number of carbonyl (C=O) groups excluding carboxylic acids is 3. The minimum Gasteiger partial charge on any atom is -0.462 e. The van der Waals surface area contributed by atoms with Crippen LogP contribution in [0.4, 0.5) is 0 Å². The molecule has 0 fully saturated rings.